The van der Waals surface area contributed by atoms with Crippen LogP contribution in [-0.2, 0) is 0 Å². The van der Waals surface area contributed by atoms with Crippen molar-refractivity contribution in [3.8, 4) is 5.75 Å². The van der Waals surface area contributed by atoms with Crippen LogP contribution in [0, 0.1) is 0 Å². The highest BCUT2D eigenvalue weighted by Crippen LogP contribution is 2.36. The van der Waals surface area contributed by atoms with Crippen molar-refractivity contribution >= 4 is 32.2 Å². The van der Waals surface area contributed by atoms with E-state index in [0.717, 1.165) is 5.75 Å². The second-order valence-corrected chi connectivity index (χ2v) is 4.41. The van der Waals surface area contributed by atoms with Crippen LogP contribution >= 0.6 is 11.3 Å². The third-order valence-electron chi connectivity index (χ3n) is 2.64. The van der Waals surface area contributed by atoms with Crippen LogP contribution in [0.3, 0.4) is 0 Å². The number of methoxy groups -OCH3 is 1. The van der Waals surface area contributed by atoms with Gasteiger partial charge in [0.05, 0.1) is 7.11 Å². The van der Waals surface area contributed by atoms with E-state index in [0.29, 0.717) is 0 Å². The van der Waals surface area contributed by atoms with Gasteiger partial charge in [-0.1, -0.05) is 24.3 Å². The van der Waals surface area contributed by atoms with Crippen LogP contribution in [-0.4, -0.2) is 7.11 Å². The van der Waals surface area contributed by atoms with E-state index in [1.54, 1.807) is 18.4 Å². The fraction of sp³-hybridized carbons (Fsp3) is 0.0769. The van der Waals surface area contributed by atoms with Gasteiger partial charge in [-0.3, -0.25) is 0 Å². The van der Waals surface area contributed by atoms with E-state index < -0.39 is 0 Å². The molecule has 0 N–H and O–H groups in total. The molecule has 0 spiro atoms. The average molecular weight is 214 g/mol. The van der Waals surface area contributed by atoms with Gasteiger partial charge in [0, 0.05) is 15.5 Å². The minimum atomic E-state index is 0.990. The van der Waals surface area contributed by atoms with E-state index >= 15 is 0 Å². The summed E-state index contributed by atoms with van der Waals surface area (Å²) in [6.07, 6.45) is 0. The third kappa shape index (κ3) is 1.22. The summed E-state index contributed by atoms with van der Waals surface area (Å²) in [7, 11) is 1.74. The lowest BCUT2D eigenvalue weighted by molar-refractivity contribution is 0.425. The smallest absolute Gasteiger partial charge is 0.135 e. The van der Waals surface area contributed by atoms with Gasteiger partial charge in [-0.05, 0) is 22.9 Å². The quantitative estimate of drug-likeness (QED) is 0.593. The van der Waals surface area contributed by atoms with Gasteiger partial charge in [0.25, 0.3) is 0 Å². The summed E-state index contributed by atoms with van der Waals surface area (Å²) in [4.78, 5) is 0. The summed E-state index contributed by atoms with van der Waals surface area (Å²) in [5.41, 5.74) is 0. The number of thiophene rings is 1. The number of hydrogen-bond acceptors (Lipinski definition) is 2. The summed E-state index contributed by atoms with van der Waals surface area (Å²) in [6.45, 7) is 0. The maximum absolute atomic E-state index is 5.51. The first-order valence-corrected chi connectivity index (χ1v) is 5.71. The zero-order chi connectivity index (χ0) is 10.3. The average Bonchev–Trinajstić information content (AvgIpc) is 2.73. The maximum atomic E-state index is 5.51. The third-order valence-corrected chi connectivity index (χ3v) is 3.50. The molecule has 0 aliphatic rings. The molecule has 0 atom stereocenters. The Kier molecular flexibility index (Phi) is 1.89. The Labute approximate surface area is 91.9 Å². The molecule has 0 saturated heterocycles. The van der Waals surface area contributed by atoms with Crippen LogP contribution in [0.25, 0.3) is 20.9 Å². The van der Waals surface area contributed by atoms with Crippen LogP contribution in [0.1, 0.15) is 0 Å². The van der Waals surface area contributed by atoms with Crippen molar-refractivity contribution in [1.82, 2.24) is 0 Å². The maximum Gasteiger partial charge on any atom is 0.135 e. The van der Waals surface area contributed by atoms with Gasteiger partial charge in [0.1, 0.15) is 5.75 Å². The molecule has 0 unspecified atom stereocenters. The molecule has 3 aromatic rings. The zero-order valence-electron chi connectivity index (χ0n) is 8.36. The summed E-state index contributed by atoms with van der Waals surface area (Å²) in [5, 5.41) is 5.74. The normalized spacial score (nSPS) is 11.0. The Morgan fingerprint density at radius 3 is 2.80 bits per heavy atom. The number of fused-ring (bicyclic) bond motifs is 2. The lowest BCUT2D eigenvalue weighted by Crippen LogP contribution is -1.85. The Hall–Kier alpha value is -1.54. The van der Waals surface area contributed by atoms with Crippen molar-refractivity contribution in [2.24, 2.45) is 0 Å². The molecule has 0 aliphatic heterocycles. The van der Waals surface area contributed by atoms with Gasteiger partial charge < -0.3 is 4.74 Å². The fourth-order valence-corrected chi connectivity index (χ4v) is 2.79. The van der Waals surface area contributed by atoms with Gasteiger partial charge in [-0.25, -0.2) is 0 Å². The second-order valence-electron chi connectivity index (χ2n) is 3.46. The van der Waals surface area contributed by atoms with Crippen molar-refractivity contribution in [3.63, 3.8) is 0 Å². The Morgan fingerprint density at radius 2 is 1.93 bits per heavy atom. The standard InChI is InChI=1S/C13H10OS/c1-14-13-10-5-3-2-4-9(10)8-12-11(13)6-7-15-12/h2-8H,1H3. The monoisotopic (exact) mass is 214 g/mol. The van der Waals surface area contributed by atoms with E-state index in [2.05, 4.69) is 35.7 Å². The molecule has 1 heterocycles. The molecule has 2 heteroatoms. The molecule has 74 valence electrons. The summed E-state index contributed by atoms with van der Waals surface area (Å²) in [6, 6.07) is 12.7. The minimum absolute atomic E-state index is 0.990. The van der Waals surface area contributed by atoms with E-state index in [-0.39, 0.29) is 0 Å². The van der Waals surface area contributed by atoms with E-state index in [1.807, 2.05) is 6.07 Å². The molecule has 15 heavy (non-hydrogen) atoms. The summed E-state index contributed by atoms with van der Waals surface area (Å²) < 4.78 is 6.79. The molecule has 0 aliphatic carbocycles. The van der Waals surface area contributed by atoms with E-state index in [4.69, 9.17) is 4.74 Å². The van der Waals surface area contributed by atoms with Crippen LogP contribution in [0.5, 0.6) is 5.75 Å². The van der Waals surface area contributed by atoms with Gasteiger partial charge in [-0.15, -0.1) is 11.3 Å². The van der Waals surface area contributed by atoms with Crippen molar-refractivity contribution in [2.45, 2.75) is 0 Å². The van der Waals surface area contributed by atoms with Crippen molar-refractivity contribution in [2.75, 3.05) is 7.11 Å². The second kappa shape index (κ2) is 3.24. The van der Waals surface area contributed by atoms with Crippen molar-refractivity contribution < 1.29 is 4.74 Å². The molecular formula is C13H10OS. The molecular weight excluding hydrogens is 204 g/mol. The summed E-state index contributed by atoms with van der Waals surface area (Å²) >= 11 is 1.75. The molecule has 3 rings (SSSR count). The lowest BCUT2D eigenvalue weighted by Gasteiger charge is -2.06. The Balaban J connectivity index is 2.57. The number of rotatable bonds is 1. The highest BCUT2D eigenvalue weighted by Gasteiger charge is 2.07. The first-order chi connectivity index (χ1) is 7.40. The number of hydrogen-bond donors (Lipinski definition) is 0. The zero-order valence-corrected chi connectivity index (χ0v) is 9.17. The largest absolute Gasteiger partial charge is 0.495 e. The Morgan fingerprint density at radius 1 is 1.07 bits per heavy atom. The van der Waals surface area contributed by atoms with Crippen LogP contribution in [0.15, 0.2) is 41.8 Å². The van der Waals surface area contributed by atoms with E-state index in [9.17, 15) is 0 Å². The SMILES string of the molecule is COc1c2ccccc2cc2sccc12. The van der Waals surface area contributed by atoms with Crippen LogP contribution in [0.2, 0.25) is 0 Å². The number of ether oxygens (including phenoxy) is 1. The molecule has 0 saturated carbocycles. The lowest BCUT2D eigenvalue weighted by atomic mass is 10.1. The van der Waals surface area contributed by atoms with Crippen LogP contribution in [0.4, 0.5) is 0 Å². The number of benzene rings is 2. The van der Waals surface area contributed by atoms with Crippen molar-refractivity contribution in [1.29, 1.82) is 0 Å². The molecule has 1 nitrogen and oxygen atoms in total. The van der Waals surface area contributed by atoms with Gasteiger partial charge in [0.2, 0.25) is 0 Å². The highest BCUT2D eigenvalue weighted by atomic mass is 32.1. The van der Waals surface area contributed by atoms with Gasteiger partial charge >= 0.3 is 0 Å². The molecule has 1 aromatic heterocycles. The molecule has 0 amide bonds. The van der Waals surface area contributed by atoms with Gasteiger partial charge in [-0.2, -0.15) is 0 Å². The molecule has 0 fully saturated rings. The molecule has 2 aromatic carbocycles. The highest BCUT2D eigenvalue weighted by molar-refractivity contribution is 7.17. The molecule has 0 bridgehead atoms. The fourth-order valence-electron chi connectivity index (χ4n) is 1.96. The minimum Gasteiger partial charge on any atom is -0.495 e. The van der Waals surface area contributed by atoms with Gasteiger partial charge in [0.15, 0.2) is 0 Å². The van der Waals surface area contributed by atoms with Crippen LogP contribution < -0.4 is 4.74 Å². The van der Waals surface area contributed by atoms with Crippen molar-refractivity contribution in [3.05, 3.63) is 41.8 Å². The van der Waals surface area contributed by atoms with E-state index in [1.165, 1.54) is 20.9 Å². The topological polar surface area (TPSA) is 9.23 Å². The predicted molar refractivity (Wildman–Crippen MR) is 65.9 cm³/mol. The molecule has 0 radical (unpaired) electrons. The first kappa shape index (κ1) is 8.74. The summed E-state index contributed by atoms with van der Waals surface area (Å²) in [5.74, 6) is 0.990. The predicted octanol–water partition coefficient (Wildman–Crippen LogP) is 4.06. The first-order valence-electron chi connectivity index (χ1n) is 4.83. The Bertz CT molecular complexity index is 625.